The third kappa shape index (κ3) is 2.10. The first-order valence-electron chi connectivity index (χ1n) is 6.43. The van der Waals surface area contributed by atoms with Gasteiger partial charge in [0, 0.05) is 24.3 Å². The highest BCUT2D eigenvalue weighted by molar-refractivity contribution is 6.15. The lowest BCUT2D eigenvalue weighted by Gasteiger charge is -2.14. The minimum atomic E-state index is -1.32. The van der Waals surface area contributed by atoms with E-state index in [4.69, 9.17) is 4.74 Å². The highest BCUT2D eigenvalue weighted by Gasteiger charge is 2.34. The summed E-state index contributed by atoms with van der Waals surface area (Å²) in [5.74, 6) is -1.49. The molecule has 5 heteroatoms. The molecule has 0 saturated carbocycles. The molecule has 1 N–H and O–H groups in total. The van der Waals surface area contributed by atoms with Gasteiger partial charge in [-0.25, -0.2) is 0 Å². The predicted molar refractivity (Wildman–Crippen MR) is 66.1 cm³/mol. The number of carboxylic acids is 1. The number of aromatic carboxylic acids is 1. The van der Waals surface area contributed by atoms with E-state index in [1.807, 2.05) is 0 Å². The van der Waals surface area contributed by atoms with Crippen LogP contribution in [0.5, 0.6) is 0 Å². The van der Waals surface area contributed by atoms with E-state index in [1.165, 1.54) is 6.07 Å². The topological polar surface area (TPSA) is 78.5 Å². The molecule has 2 heterocycles. The molecule has 1 saturated heterocycles. The summed E-state index contributed by atoms with van der Waals surface area (Å²) in [7, 11) is 0. The molecule has 2 aliphatic rings. The van der Waals surface area contributed by atoms with Gasteiger partial charge in [0.2, 0.25) is 0 Å². The lowest BCUT2D eigenvalue weighted by molar-refractivity contribution is -0.255. The predicted octanol–water partition coefficient (Wildman–Crippen LogP) is 0.596. The van der Waals surface area contributed by atoms with Gasteiger partial charge in [-0.05, 0) is 18.9 Å². The van der Waals surface area contributed by atoms with E-state index in [-0.39, 0.29) is 23.0 Å². The van der Waals surface area contributed by atoms with Crippen molar-refractivity contribution in [2.45, 2.75) is 31.4 Å². The van der Waals surface area contributed by atoms with Gasteiger partial charge in [-0.15, -0.1) is 0 Å². The van der Waals surface area contributed by atoms with Gasteiger partial charge >= 0.3 is 0 Å². The number of benzene rings is 1. The minimum absolute atomic E-state index is 0.0372. The van der Waals surface area contributed by atoms with Crippen LogP contribution in [0.4, 0.5) is 5.69 Å². The Morgan fingerprint density at radius 1 is 1.47 bits per heavy atom. The fourth-order valence-electron chi connectivity index (χ4n) is 2.79. The van der Waals surface area contributed by atoms with Gasteiger partial charge in [0.1, 0.15) is 0 Å². The summed E-state index contributed by atoms with van der Waals surface area (Å²) < 4.78 is 5.52. The van der Waals surface area contributed by atoms with Gasteiger partial charge in [0.15, 0.2) is 5.78 Å². The SMILES string of the molecule is O=C([O-])c1cccc2c1C(=O)[C@@H](C[C@H]1CCCO1)N2. The van der Waals surface area contributed by atoms with Gasteiger partial charge in [0.25, 0.3) is 0 Å². The number of carboxylic acid groups (broad SMARTS) is 1. The zero-order valence-electron chi connectivity index (χ0n) is 10.3. The molecule has 2 atom stereocenters. The second-order valence-corrected chi connectivity index (χ2v) is 4.95. The van der Waals surface area contributed by atoms with Crippen LogP contribution in [-0.4, -0.2) is 30.5 Å². The van der Waals surface area contributed by atoms with E-state index in [0.29, 0.717) is 12.1 Å². The van der Waals surface area contributed by atoms with E-state index < -0.39 is 12.0 Å². The molecular formula is C14H14NO4-. The average molecular weight is 260 g/mol. The van der Waals surface area contributed by atoms with Crippen LogP contribution >= 0.6 is 0 Å². The van der Waals surface area contributed by atoms with Gasteiger partial charge < -0.3 is 20.0 Å². The molecule has 1 fully saturated rings. The first-order chi connectivity index (χ1) is 9.16. The van der Waals surface area contributed by atoms with Crippen molar-refractivity contribution in [3.05, 3.63) is 29.3 Å². The Kier molecular flexibility index (Phi) is 2.98. The van der Waals surface area contributed by atoms with Crippen LogP contribution in [0.2, 0.25) is 0 Å². The molecular weight excluding hydrogens is 246 g/mol. The summed E-state index contributed by atoms with van der Waals surface area (Å²) >= 11 is 0. The third-order valence-corrected chi connectivity index (χ3v) is 3.70. The highest BCUT2D eigenvalue weighted by atomic mass is 16.5. The van der Waals surface area contributed by atoms with Crippen molar-refractivity contribution < 1.29 is 19.4 Å². The lowest BCUT2D eigenvalue weighted by Crippen LogP contribution is -2.29. The number of Topliss-reactive ketones (excluding diaryl/α,β-unsaturated/α-hetero) is 1. The number of rotatable bonds is 3. The molecule has 0 aromatic heterocycles. The Labute approximate surface area is 110 Å². The Bertz CT molecular complexity index is 534. The number of ketones is 1. The van der Waals surface area contributed by atoms with E-state index in [1.54, 1.807) is 12.1 Å². The zero-order chi connectivity index (χ0) is 13.4. The van der Waals surface area contributed by atoms with Crippen molar-refractivity contribution in [3.8, 4) is 0 Å². The summed E-state index contributed by atoms with van der Waals surface area (Å²) in [5, 5.41) is 14.1. The van der Waals surface area contributed by atoms with Crippen molar-refractivity contribution in [1.82, 2.24) is 0 Å². The summed E-state index contributed by atoms with van der Waals surface area (Å²) in [5.41, 5.74) is 0.782. The van der Waals surface area contributed by atoms with Gasteiger partial charge in [-0.2, -0.15) is 0 Å². The number of ether oxygens (including phenoxy) is 1. The number of hydrogen-bond acceptors (Lipinski definition) is 5. The fourth-order valence-corrected chi connectivity index (χ4v) is 2.79. The monoisotopic (exact) mass is 260 g/mol. The van der Waals surface area contributed by atoms with Crippen molar-refractivity contribution in [1.29, 1.82) is 0 Å². The van der Waals surface area contributed by atoms with Gasteiger partial charge in [-0.1, -0.05) is 12.1 Å². The first kappa shape index (κ1) is 12.2. The van der Waals surface area contributed by atoms with Crippen LogP contribution in [0, 0.1) is 0 Å². The maximum Gasteiger partial charge on any atom is 0.187 e. The molecule has 0 aliphatic carbocycles. The second-order valence-electron chi connectivity index (χ2n) is 4.95. The van der Waals surface area contributed by atoms with Crippen molar-refractivity contribution in [2.24, 2.45) is 0 Å². The van der Waals surface area contributed by atoms with Crippen LogP contribution in [0.25, 0.3) is 0 Å². The maximum absolute atomic E-state index is 12.3. The van der Waals surface area contributed by atoms with Crippen LogP contribution in [0.3, 0.4) is 0 Å². The Balaban J connectivity index is 1.85. The molecule has 100 valence electrons. The Morgan fingerprint density at radius 2 is 2.32 bits per heavy atom. The van der Waals surface area contributed by atoms with Crippen molar-refractivity contribution >= 4 is 17.4 Å². The Morgan fingerprint density at radius 3 is 3.00 bits per heavy atom. The van der Waals surface area contributed by atoms with Gasteiger partial charge in [-0.3, -0.25) is 4.79 Å². The molecule has 1 aromatic rings. The highest BCUT2D eigenvalue weighted by Crippen LogP contribution is 2.31. The Hall–Kier alpha value is -1.88. The van der Waals surface area contributed by atoms with Crippen molar-refractivity contribution in [2.75, 3.05) is 11.9 Å². The van der Waals surface area contributed by atoms with E-state index in [0.717, 1.165) is 19.4 Å². The minimum Gasteiger partial charge on any atom is -0.545 e. The molecule has 0 amide bonds. The molecule has 0 radical (unpaired) electrons. The largest absolute Gasteiger partial charge is 0.545 e. The number of carbonyl (C=O) groups excluding carboxylic acids is 2. The molecule has 5 nitrogen and oxygen atoms in total. The maximum atomic E-state index is 12.3. The lowest BCUT2D eigenvalue weighted by atomic mass is 9.98. The van der Waals surface area contributed by atoms with Crippen LogP contribution in [-0.2, 0) is 4.74 Å². The summed E-state index contributed by atoms with van der Waals surface area (Å²) in [6, 6.07) is 4.34. The number of hydrogen-bond donors (Lipinski definition) is 1. The quantitative estimate of drug-likeness (QED) is 0.860. The molecule has 2 aliphatic heterocycles. The summed E-state index contributed by atoms with van der Waals surface area (Å²) in [6.07, 6.45) is 2.64. The van der Waals surface area contributed by atoms with Crippen LogP contribution < -0.4 is 10.4 Å². The molecule has 0 bridgehead atoms. The number of anilines is 1. The number of fused-ring (bicyclic) bond motifs is 1. The number of nitrogens with one attached hydrogen (secondary N) is 1. The van der Waals surface area contributed by atoms with Crippen LogP contribution in [0.15, 0.2) is 18.2 Å². The molecule has 0 spiro atoms. The molecule has 3 rings (SSSR count). The second kappa shape index (κ2) is 4.66. The molecule has 19 heavy (non-hydrogen) atoms. The van der Waals surface area contributed by atoms with Gasteiger partial charge in [0.05, 0.1) is 23.7 Å². The van der Waals surface area contributed by atoms with E-state index >= 15 is 0 Å². The standard InChI is InChI=1S/C14H15NO4/c16-13-11(7-8-3-2-6-19-8)15-10-5-1-4-9(12(10)13)14(17)18/h1,4-5,8,11,15H,2-3,6-7H2,(H,17,18)/p-1/t8-,11-/m1/s1. The van der Waals surface area contributed by atoms with E-state index in [9.17, 15) is 14.7 Å². The zero-order valence-corrected chi connectivity index (χ0v) is 10.3. The third-order valence-electron chi connectivity index (χ3n) is 3.70. The summed E-state index contributed by atoms with van der Waals surface area (Å²) in [6.45, 7) is 0.739. The molecule has 1 aromatic carbocycles. The first-order valence-corrected chi connectivity index (χ1v) is 6.43. The number of carbonyl (C=O) groups is 2. The summed E-state index contributed by atoms with van der Waals surface area (Å²) in [4.78, 5) is 23.3. The smallest absolute Gasteiger partial charge is 0.187 e. The van der Waals surface area contributed by atoms with Crippen LogP contribution in [0.1, 0.15) is 40.0 Å². The van der Waals surface area contributed by atoms with E-state index in [2.05, 4.69) is 5.32 Å². The normalized spacial score (nSPS) is 25.2. The molecule has 0 unspecified atom stereocenters. The average Bonchev–Trinajstić information content (AvgIpc) is 2.99. The van der Waals surface area contributed by atoms with Crippen molar-refractivity contribution in [3.63, 3.8) is 0 Å². The fraction of sp³-hybridized carbons (Fsp3) is 0.429.